The predicted molar refractivity (Wildman–Crippen MR) is 74.6 cm³/mol. The summed E-state index contributed by atoms with van der Waals surface area (Å²) < 4.78 is 32.9. The maximum Gasteiger partial charge on any atom is 0.307 e. The molecule has 1 heterocycles. The Morgan fingerprint density at radius 3 is 2.70 bits per heavy atom. The fourth-order valence-corrected chi connectivity index (χ4v) is 4.40. The summed E-state index contributed by atoms with van der Waals surface area (Å²) in [5.74, 6) is -1.55. The molecule has 1 N–H and O–H groups in total. The number of ether oxygens (including phenoxy) is 1. The first-order valence-electron chi connectivity index (χ1n) is 6.83. The van der Waals surface area contributed by atoms with E-state index in [0.717, 1.165) is 0 Å². The van der Waals surface area contributed by atoms with E-state index in [9.17, 15) is 13.2 Å². The molecule has 2 atom stereocenters. The first-order valence-corrected chi connectivity index (χ1v) is 8.22. The fraction of sp³-hybridized carbons (Fsp3) is 0.917. The van der Waals surface area contributed by atoms with Crippen molar-refractivity contribution in [2.24, 2.45) is 5.92 Å². The molecular weight excluding hydrogens is 284 g/mol. The van der Waals surface area contributed by atoms with Crippen molar-refractivity contribution in [1.82, 2.24) is 8.61 Å². The average molecular weight is 308 g/mol. The molecule has 0 saturated carbocycles. The molecule has 2 unspecified atom stereocenters. The number of carboxylic acid groups (broad SMARTS) is 1. The van der Waals surface area contributed by atoms with Gasteiger partial charge in [0.05, 0.1) is 12.5 Å². The summed E-state index contributed by atoms with van der Waals surface area (Å²) in [5.41, 5.74) is 0. The number of carbonyl (C=O) groups is 1. The number of hydrogen-bond acceptors (Lipinski definition) is 4. The monoisotopic (exact) mass is 308 g/mol. The lowest BCUT2D eigenvalue weighted by Gasteiger charge is -2.36. The second-order valence-corrected chi connectivity index (χ2v) is 6.93. The van der Waals surface area contributed by atoms with Crippen LogP contribution in [0.1, 0.15) is 26.7 Å². The third-order valence-electron chi connectivity index (χ3n) is 3.57. The van der Waals surface area contributed by atoms with Crippen LogP contribution in [0.2, 0.25) is 0 Å². The highest BCUT2D eigenvalue weighted by Gasteiger charge is 2.37. The average Bonchev–Trinajstić information content (AvgIpc) is 2.39. The largest absolute Gasteiger partial charge is 0.481 e. The van der Waals surface area contributed by atoms with Crippen LogP contribution >= 0.6 is 0 Å². The number of nitrogens with zero attached hydrogens (tertiary/aromatic N) is 2. The smallest absolute Gasteiger partial charge is 0.307 e. The first kappa shape index (κ1) is 17.4. The first-order chi connectivity index (χ1) is 9.34. The summed E-state index contributed by atoms with van der Waals surface area (Å²) in [4.78, 5) is 11.0. The van der Waals surface area contributed by atoms with Gasteiger partial charge < -0.3 is 9.84 Å². The number of piperidine rings is 1. The van der Waals surface area contributed by atoms with Gasteiger partial charge in [-0.15, -0.1) is 0 Å². The molecule has 0 aromatic carbocycles. The number of hydrogen-bond donors (Lipinski definition) is 1. The van der Waals surface area contributed by atoms with E-state index in [-0.39, 0.29) is 12.6 Å². The normalized spacial score (nSPS) is 22.9. The van der Waals surface area contributed by atoms with E-state index < -0.39 is 22.1 Å². The maximum absolute atomic E-state index is 12.6. The van der Waals surface area contributed by atoms with Crippen LogP contribution in [0.3, 0.4) is 0 Å². The predicted octanol–water partition coefficient (Wildman–Crippen LogP) is 0.385. The molecule has 118 valence electrons. The Kier molecular flexibility index (Phi) is 6.38. The molecule has 0 aromatic rings. The van der Waals surface area contributed by atoms with Crippen molar-refractivity contribution in [3.05, 3.63) is 0 Å². The van der Waals surface area contributed by atoms with Crippen molar-refractivity contribution in [3.8, 4) is 0 Å². The number of rotatable bonds is 7. The number of likely N-dealkylation sites (N-methyl/N-ethyl adjacent to an activating group) is 1. The van der Waals surface area contributed by atoms with E-state index in [1.807, 2.05) is 0 Å². The minimum atomic E-state index is -3.64. The molecular formula is C12H24N2O5S. The summed E-state index contributed by atoms with van der Waals surface area (Å²) in [5, 5.41) is 9.06. The lowest BCUT2D eigenvalue weighted by molar-refractivity contribution is -0.142. The van der Waals surface area contributed by atoms with Crippen molar-refractivity contribution < 1.29 is 23.1 Å². The van der Waals surface area contributed by atoms with E-state index in [4.69, 9.17) is 9.84 Å². The van der Waals surface area contributed by atoms with Crippen LogP contribution in [0.5, 0.6) is 0 Å². The van der Waals surface area contributed by atoms with Gasteiger partial charge in [0.1, 0.15) is 0 Å². The molecule has 1 aliphatic rings. The fourth-order valence-electron chi connectivity index (χ4n) is 2.53. The van der Waals surface area contributed by atoms with E-state index in [0.29, 0.717) is 32.5 Å². The molecule has 0 aromatic heterocycles. The van der Waals surface area contributed by atoms with Gasteiger partial charge in [0.2, 0.25) is 0 Å². The highest BCUT2D eigenvalue weighted by atomic mass is 32.2. The summed E-state index contributed by atoms with van der Waals surface area (Å²) in [6.07, 6.45) is 1.10. The Morgan fingerprint density at radius 2 is 2.20 bits per heavy atom. The Hall–Kier alpha value is -0.700. The summed E-state index contributed by atoms with van der Waals surface area (Å²) >= 11 is 0. The van der Waals surface area contributed by atoms with Gasteiger partial charge in [0.15, 0.2) is 0 Å². The second kappa shape index (κ2) is 7.35. The van der Waals surface area contributed by atoms with Crippen LogP contribution in [0.4, 0.5) is 0 Å². The summed E-state index contributed by atoms with van der Waals surface area (Å²) in [7, 11) is -2.11. The highest BCUT2D eigenvalue weighted by molar-refractivity contribution is 7.86. The van der Waals surface area contributed by atoms with Crippen molar-refractivity contribution in [2.75, 3.05) is 33.4 Å². The van der Waals surface area contributed by atoms with Crippen molar-refractivity contribution in [2.45, 2.75) is 32.7 Å². The molecule has 7 nitrogen and oxygen atoms in total. The van der Waals surface area contributed by atoms with Gasteiger partial charge in [0.25, 0.3) is 10.2 Å². The van der Waals surface area contributed by atoms with Crippen LogP contribution < -0.4 is 0 Å². The standard InChI is InChI=1S/C12H24N2O5S/c1-4-14(10(2)9-19-3)20(17,18)13-7-5-6-11(8-13)12(15)16/h10-11H,4-9H2,1-3H3,(H,15,16). The molecule has 1 rings (SSSR count). The zero-order valence-corrected chi connectivity index (χ0v) is 13.1. The van der Waals surface area contributed by atoms with Crippen LogP contribution in [0.25, 0.3) is 0 Å². The van der Waals surface area contributed by atoms with Crippen molar-refractivity contribution in [1.29, 1.82) is 0 Å². The zero-order valence-electron chi connectivity index (χ0n) is 12.3. The quantitative estimate of drug-likeness (QED) is 0.735. The van der Waals surface area contributed by atoms with Gasteiger partial charge in [-0.3, -0.25) is 4.79 Å². The van der Waals surface area contributed by atoms with Crippen LogP contribution in [0, 0.1) is 5.92 Å². The Bertz CT molecular complexity index is 426. The third-order valence-corrected chi connectivity index (χ3v) is 5.76. The van der Waals surface area contributed by atoms with E-state index >= 15 is 0 Å². The molecule has 0 spiro atoms. The highest BCUT2D eigenvalue weighted by Crippen LogP contribution is 2.22. The minimum Gasteiger partial charge on any atom is -0.481 e. The third kappa shape index (κ3) is 3.91. The molecule has 0 radical (unpaired) electrons. The molecule has 0 aliphatic carbocycles. The van der Waals surface area contributed by atoms with Gasteiger partial charge in [-0.25, -0.2) is 0 Å². The van der Waals surface area contributed by atoms with Gasteiger partial charge in [-0.2, -0.15) is 17.0 Å². The number of methoxy groups -OCH3 is 1. The minimum absolute atomic E-state index is 0.0495. The SMILES string of the molecule is CCN(C(C)COC)S(=O)(=O)N1CCCC(C(=O)O)C1. The molecule has 0 amide bonds. The second-order valence-electron chi connectivity index (χ2n) is 5.05. The van der Waals surface area contributed by atoms with Gasteiger partial charge in [-0.05, 0) is 19.8 Å². The van der Waals surface area contributed by atoms with Crippen LogP contribution in [0.15, 0.2) is 0 Å². The maximum atomic E-state index is 12.6. The number of carboxylic acids is 1. The van der Waals surface area contributed by atoms with Gasteiger partial charge in [-0.1, -0.05) is 6.92 Å². The van der Waals surface area contributed by atoms with Crippen LogP contribution in [-0.2, 0) is 19.7 Å². The topological polar surface area (TPSA) is 87.2 Å². The molecule has 20 heavy (non-hydrogen) atoms. The molecule has 1 saturated heterocycles. The lowest BCUT2D eigenvalue weighted by Crippen LogP contribution is -2.52. The summed E-state index contributed by atoms with van der Waals surface area (Å²) in [6.45, 7) is 4.62. The lowest BCUT2D eigenvalue weighted by atomic mass is 10.0. The molecule has 0 bridgehead atoms. The van der Waals surface area contributed by atoms with E-state index in [1.165, 1.54) is 15.7 Å². The van der Waals surface area contributed by atoms with E-state index in [2.05, 4.69) is 0 Å². The zero-order chi connectivity index (χ0) is 15.3. The number of aliphatic carboxylic acids is 1. The molecule has 1 aliphatic heterocycles. The van der Waals surface area contributed by atoms with Crippen molar-refractivity contribution in [3.63, 3.8) is 0 Å². The van der Waals surface area contributed by atoms with Crippen molar-refractivity contribution >= 4 is 16.2 Å². The van der Waals surface area contributed by atoms with Gasteiger partial charge in [0, 0.05) is 32.8 Å². The molecule has 1 fully saturated rings. The van der Waals surface area contributed by atoms with Crippen LogP contribution in [-0.4, -0.2) is 67.5 Å². The Labute approximate surface area is 120 Å². The van der Waals surface area contributed by atoms with E-state index in [1.54, 1.807) is 13.8 Å². The van der Waals surface area contributed by atoms with Gasteiger partial charge >= 0.3 is 5.97 Å². The molecule has 8 heteroatoms. The Morgan fingerprint density at radius 1 is 1.55 bits per heavy atom. The summed E-state index contributed by atoms with van der Waals surface area (Å²) in [6, 6.07) is -0.278. The Balaban J connectivity index is 2.87.